The van der Waals surface area contributed by atoms with Gasteiger partial charge in [-0.15, -0.1) is 0 Å². The molecule has 0 spiro atoms. The molecule has 0 heterocycles. The third kappa shape index (κ3) is 2.71. The van der Waals surface area contributed by atoms with Crippen LogP contribution < -0.4 is 14.2 Å². The van der Waals surface area contributed by atoms with Crippen LogP contribution in [0.25, 0.3) is 6.08 Å². The first kappa shape index (κ1) is 13.8. The number of hydrogen-bond acceptors (Lipinski definition) is 5. The minimum absolute atomic E-state index is 0.0140. The molecule has 18 heavy (non-hydrogen) atoms. The maximum absolute atomic E-state index is 10.7. The number of nitrogens with zero attached hydrogens (tertiary/aromatic N) is 1. The molecule has 0 amide bonds. The maximum atomic E-state index is 10.7. The normalized spacial score (nSPS) is 11.0. The summed E-state index contributed by atoms with van der Waals surface area (Å²) in [5.74, 6) is 1.37. The SMILES string of the molecule is COc1ccc(OC)c(OC)c1C=C(C)[N+](=O)[O-]. The number of nitro groups is 1. The van der Waals surface area contributed by atoms with Gasteiger partial charge in [0.1, 0.15) is 5.75 Å². The second-order valence-corrected chi connectivity index (χ2v) is 3.46. The van der Waals surface area contributed by atoms with Gasteiger partial charge in [-0.3, -0.25) is 10.1 Å². The summed E-state index contributed by atoms with van der Waals surface area (Å²) in [6.07, 6.45) is 1.39. The first-order valence-corrected chi connectivity index (χ1v) is 5.16. The van der Waals surface area contributed by atoms with Gasteiger partial charge >= 0.3 is 0 Å². The van der Waals surface area contributed by atoms with E-state index < -0.39 is 4.92 Å². The molecule has 0 saturated heterocycles. The van der Waals surface area contributed by atoms with E-state index in [-0.39, 0.29) is 5.70 Å². The molecule has 0 N–H and O–H groups in total. The van der Waals surface area contributed by atoms with Gasteiger partial charge in [0.05, 0.1) is 31.8 Å². The highest BCUT2D eigenvalue weighted by molar-refractivity contribution is 5.69. The van der Waals surface area contributed by atoms with Crippen molar-refractivity contribution in [3.8, 4) is 17.2 Å². The first-order chi connectivity index (χ1) is 8.54. The Morgan fingerprint density at radius 1 is 1.17 bits per heavy atom. The zero-order valence-electron chi connectivity index (χ0n) is 10.7. The van der Waals surface area contributed by atoms with Crippen molar-refractivity contribution in [3.05, 3.63) is 33.5 Å². The average molecular weight is 253 g/mol. The molecular weight excluding hydrogens is 238 g/mol. The molecule has 0 bridgehead atoms. The van der Waals surface area contributed by atoms with Crippen LogP contribution in [0.5, 0.6) is 17.2 Å². The van der Waals surface area contributed by atoms with Crippen molar-refractivity contribution in [3.63, 3.8) is 0 Å². The summed E-state index contributed by atoms with van der Waals surface area (Å²) >= 11 is 0. The highest BCUT2D eigenvalue weighted by atomic mass is 16.6. The molecule has 0 aromatic heterocycles. The summed E-state index contributed by atoms with van der Waals surface area (Å²) in [4.78, 5) is 10.2. The lowest BCUT2D eigenvalue weighted by molar-refractivity contribution is -0.422. The number of benzene rings is 1. The summed E-state index contributed by atoms with van der Waals surface area (Å²) in [6.45, 7) is 1.40. The van der Waals surface area contributed by atoms with Gasteiger partial charge in [0.15, 0.2) is 11.5 Å². The second-order valence-electron chi connectivity index (χ2n) is 3.46. The zero-order valence-corrected chi connectivity index (χ0v) is 10.7. The van der Waals surface area contributed by atoms with Crippen molar-refractivity contribution in [2.75, 3.05) is 21.3 Å². The summed E-state index contributed by atoms with van der Waals surface area (Å²) in [6, 6.07) is 3.34. The molecule has 6 nitrogen and oxygen atoms in total. The van der Waals surface area contributed by atoms with Gasteiger partial charge in [-0.05, 0) is 12.1 Å². The van der Waals surface area contributed by atoms with E-state index in [9.17, 15) is 10.1 Å². The van der Waals surface area contributed by atoms with E-state index in [0.29, 0.717) is 22.8 Å². The van der Waals surface area contributed by atoms with E-state index in [1.54, 1.807) is 12.1 Å². The Morgan fingerprint density at radius 3 is 2.17 bits per heavy atom. The Morgan fingerprint density at radius 2 is 1.72 bits per heavy atom. The van der Waals surface area contributed by atoms with Crippen LogP contribution in [0.15, 0.2) is 17.8 Å². The Balaban J connectivity index is 3.46. The summed E-state index contributed by atoms with van der Waals surface area (Å²) in [5.41, 5.74) is 0.466. The number of hydrogen-bond donors (Lipinski definition) is 0. The van der Waals surface area contributed by atoms with Gasteiger partial charge < -0.3 is 14.2 Å². The Labute approximate surface area is 105 Å². The van der Waals surface area contributed by atoms with E-state index in [1.807, 2.05) is 0 Å². The highest BCUT2D eigenvalue weighted by Gasteiger charge is 2.16. The molecule has 0 unspecified atom stereocenters. The van der Waals surface area contributed by atoms with Crippen LogP contribution in [0.1, 0.15) is 12.5 Å². The van der Waals surface area contributed by atoms with Crippen LogP contribution in [-0.2, 0) is 0 Å². The molecule has 0 saturated carbocycles. The fraction of sp³-hybridized carbons (Fsp3) is 0.333. The lowest BCUT2D eigenvalue weighted by atomic mass is 10.1. The second kappa shape index (κ2) is 5.90. The molecule has 0 aliphatic heterocycles. The van der Waals surface area contributed by atoms with Crippen LogP contribution in [0, 0.1) is 10.1 Å². The third-order valence-electron chi connectivity index (χ3n) is 2.41. The van der Waals surface area contributed by atoms with Crippen molar-refractivity contribution in [2.24, 2.45) is 0 Å². The Bertz CT molecular complexity index is 482. The number of allylic oxidation sites excluding steroid dienone is 1. The van der Waals surface area contributed by atoms with E-state index >= 15 is 0 Å². The molecule has 1 aromatic rings. The number of methoxy groups -OCH3 is 3. The molecule has 6 heteroatoms. The highest BCUT2D eigenvalue weighted by Crippen LogP contribution is 2.38. The van der Waals surface area contributed by atoms with E-state index in [1.165, 1.54) is 34.3 Å². The molecular formula is C12H15NO5. The van der Waals surface area contributed by atoms with Crippen molar-refractivity contribution in [1.82, 2.24) is 0 Å². The van der Waals surface area contributed by atoms with Gasteiger partial charge in [0.2, 0.25) is 5.70 Å². The van der Waals surface area contributed by atoms with Crippen molar-refractivity contribution in [2.45, 2.75) is 6.92 Å². The maximum Gasteiger partial charge on any atom is 0.244 e. The molecule has 0 atom stereocenters. The van der Waals surface area contributed by atoms with Crippen LogP contribution in [0.4, 0.5) is 0 Å². The molecule has 1 rings (SSSR count). The van der Waals surface area contributed by atoms with Gasteiger partial charge in [-0.25, -0.2) is 0 Å². The topological polar surface area (TPSA) is 70.8 Å². The smallest absolute Gasteiger partial charge is 0.244 e. The molecule has 0 radical (unpaired) electrons. The van der Waals surface area contributed by atoms with E-state index in [0.717, 1.165) is 0 Å². The van der Waals surface area contributed by atoms with Crippen LogP contribution in [-0.4, -0.2) is 26.3 Å². The van der Waals surface area contributed by atoms with Gasteiger partial charge in [0.25, 0.3) is 0 Å². The Hall–Kier alpha value is -2.24. The number of ether oxygens (including phenoxy) is 3. The zero-order chi connectivity index (χ0) is 13.7. The first-order valence-electron chi connectivity index (χ1n) is 5.16. The fourth-order valence-corrected chi connectivity index (χ4v) is 1.51. The minimum atomic E-state index is -0.474. The van der Waals surface area contributed by atoms with Crippen molar-refractivity contribution in [1.29, 1.82) is 0 Å². The van der Waals surface area contributed by atoms with Crippen LogP contribution in [0.2, 0.25) is 0 Å². The lowest BCUT2D eigenvalue weighted by Gasteiger charge is -2.13. The monoisotopic (exact) mass is 253 g/mol. The lowest BCUT2D eigenvalue weighted by Crippen LogP contribution is -1.99. The minimum Gasteiger partial charge on any atom is -0.496 e. The fourth-order valence-electron chi connectivity index (χ4n) is 1.51. The van der Waals surface area contributed by atoms with Crippen LogP contribution >= 0.6 is 0 Å². The molecule has 0 aliphatic rings. The summed E-state index contributed by atoms with van der Waals surface area (Å²) in [5, 5.41) is 10.7. The summed E-state index contributed by atoms with van der Waals surface area (Å²) < 4.78 is 15.5. The van der Waals surface area contributed by atoms with Gasteiger partial charge in [-0.1, -0.05) is 0 Å². The molecule has 0 aliphatic carbocycles. The van der Waals surface area contributed by atoms with Gasteiger partial charge in [0, 0.05) is 13.0 Å². The van der Waals surface area contributed by atoms with Crippen molar-refractivity contribution >= 4 is 6.08 Å². The predicted molar refractivity (Wildman–Crippen MR) is 66.7 cm³/mol. The Kier molecular flexibility index (Phi) is 4.53. The molecule has 98 valence electrons. The quantitative estimate of drug-likeness (QED) is 0.595. The predicted octanol–water partition coefficient (Wildman–Crippen LogP) is 2.35. The third-order valence-corrected chi connectivity index (χ3v) is 2.41. The van der Waals surface area contributed by atoms with E-state index in [2.05, 4.69) is 0 Å². The average Bonchev–Trinajstić information content (AvgIpc) is 2.37. The summed E-state index contributed by atoms with van der Waals surface area (Å²) in [7, 11) is 4.45. The molecule has 0 fully saturated rings. The number of rotatable bonds is 5. The molecule has 1 aromatic carbocycles. The van der Waals surface area contributed by atoms with Crippen molar-refractivity contribution < 1.29 is 19.1 Å². The van der Waals surface area contributed by atoms with Gasteiger partial charge in [-0.2, -0.15) is 0 Å². The van der Waals surface area contributed by atoms with E-state index in [4.69, 9.17) is 14.2 Å². The van der Waals surface area contributed by atoms with Crippen LogP contribution in [0.3, 0.4) is 0 Å². The standard InChI is InChI=1S/C12H15NO5/c1-8(13(14)15)7-9-10(16-2)5-6-11(17-3)12(9)18-4/h5-7H,1-4H3. The largest absolute Gasteiger partial charge is 0.496 e.